The zero-order valence-corrected chi connectivity index (χ0v) is 11.5. The van der Waals surface area contributed by atoms with E-state index in [0.717, 1.165) is 0 Å². The predicted molar refractivity (Wildman–Crippen MR) is 73.3 cm³/mol. The second-order valence-corrected chi connectivity index (χ2v) is 5.95. The molecule has 0 saturated carbocycles. The molecule has 0 amide bonds. The monoisotopic (exact) mass is 237 g/mol. The first-order valence-electron chi connectivity index (χ1n) is 6.87. The lowest BCUT2D eigenvalue weighted by molar-refractivity contribution is 0.0784. The Balaban J connectivity index is 1.88. The van der Waals surface area contributed by atoms with Crippen molar-refractivity contribution in [3.63, 3.8) is 0 Å². The smallest absolute Gasteiger partial charge is 0.0110 e. The summed E-state index contributed by atoms with van der Waals surface area (Å²) in [6.45, 7) is 12.6. The molecule has 2 aliphatic heterocycles. The predicted octanol–water partition coefficient (Wildman–Crippen LogP) is 1.13. The van der Waals surface area contributed by atoms with Gasteiger partial charge in [-0.05, 0) is 40.0 Å². The minimum absolute atomic E-state index is 0.377. The molecule has 0 N–H and O–H groups in total. The highest BCUT2D eigenvalue weighted by molar-refractivity contribution is 5.00. The van der Waals surface area contributed by atoms with Crippen LogP contribution in [0, 0.1) is 5.41 Å². The molecule has 2 heterocycles. The minimum atomic E-state index is 0.377. The van der Waals surface area contributed by atoms with Gasteiger partial charge in [-0.1, -0.05) is 6.08 Å². The summed E-state index contributed by atoms with van der Waals surface area (Å²) in [5.74, 6) is 0. The third-order valence-corrected chi connectivity index (χ3v) is 4.55. The first-order chi connectivity index (χ1) is 8.13. The Hall–Kier alpha value is -0.380. The Morgan fingerprint density at radius 1 is 0.941 bits per heavy atom. The van der Waals surface area contributed by atoms with Gasteiger partial charge in [0.15, 0.2) is 0 Å². The number of piperazine rings is 1. The van der Waals surface area contributed by atoms with Gasteiger partial charge in [-0.15, -0.1) is 6.58 Å². The van der Waals surface area contributed by atoms with Crippen LogP contribution >= 0.6 is 0 Å². The summed E-state index contributed by atoms with van der Waals surface area (Å²) < 4.78 is 0. The Morgan fingerprint density at radius 2 is 1.47 bits per heavy atom. The molecule has 98 valence electrons. The number of piperidine rings is 1. The van der Waals surface area contributed by atoms with Crippen molar-refractivity contribution in [1.29, 1.82) is 0 Å². The molecule has 0 aromatic heterocycles. The van der Waals surface area contributed by atoms with E-state index in [4.69, 9.17) is 0 Å². The van der Waals surface area contributed by atoms with Gasteiger partial charge in [0.2, 0.25) is 0 Å². The molecule has 2 fully saturated rings. The van der Waals surface area contributed by atoms with Crippen LogP contribution in [0.3, 0.4) is 0 Å². The van der Waals surface area contributed by atoms with Gasteiger partial charge in [0, 0.05) is 38.1 Å². The highest BCUT2D eigenvalue weighted by Crippen LogP contribution is 2.33. The number of rotatable bonds is 3. The van der Waals surface area contributed by atoms with E-state index >= 15 is 0 Å². The maximum Gasteiger partial charge on any atom is 0.0110 e. The number of likely N-dealkylation sites (tertiary alicyclic amines) is 1. The maximum absolute atomic E-state index is 4.11. The van der Waals surface area contributed by atoms with Crippen molar-refractivity contribution in [2.45, 2.75) is 12.8 Å². The molecule has 0 aromatic rings. The first kappa shape index (κ1) is 13.1. The van der Waals surface area contributed by atoms with Crippen molar-refractivity contribution >= 4 is 0 Å². The lowest BCUT2D eigenvalue weighted by Crippen LogP contribution is -2.50. The van der Waals surface area contributed by atoms with E-state index in [9.17, 15) is 0 Å². The van der Waals surface area contributed by atoms with Crippen molar-refractivity contribution in [1.82, 2.24) is 14.7 Å². The molecule has 3 heteroatoms. The van der Waals surface area contributed by atoms with Gasteiger partial charge in [-0.25, -0.2) is 0 Å². The molecular weight excluding hydrogens is 210 g/mol. The molecule has 0 aliphatic carbocycles. The summed E-state index contributed by atoms with van der Waals surface area (Å²) in [5.41, 5.74) is 0.377. The third-order valence-electron chi connectivity index (χ3n) is 4.55. The van der Waals surface area contributed by atoms with Gasteiger partial charge in [-0.3, -0.25) is 4.90 Å². The molecule has 0 aromatic carbocycles. The van der Waals surface area contributed by atoms with Crippen LogP contribution in [0.5, 0.6) is 0 Å². The SMILES string of the molecule is C=CC1(CN2CCN(C)CC2)CCN(C)CC1. The molecule has 2 saturated heterocycles. The van der Waals surface area contributed by atoms with E-state index in [0.29, 0.717) is 5.41 Å². The molecule has 0 unspecified atom stereocenters. The molecule has 3 nitrogen and oxygen atoms in total. The van der Waals surface area contributed by atoms with Crippen LogP contribution in [-0.4, -0.2) is 74.6 Å². The van der Waals surface area contributed by atoms with Gasteiger partial charge in [-0.2, -0.15) is 0 Å². The Bertz CT molecular complexity index is 248. The lowest BCUT2D eigenvalue weighted by Gasteiger charge is -2.43. The molecule has 2 rings (SSSR count). The molecule has 0 atom stereocenters. The van der Waals surface area contributed by atoms with Crippen LogP contribution in [0.1, 0.15) is 12.8 Å². The van der Waals surface area contributed by atoms with Crippen molar-refractivity contribution in [3.05, 3.63) is 12.7 Å². The molecule has 0 bridgehead atoms. The highest BCUT2D eigenvalue weighted by Gasteiger charge is 2.33. The topological polar surface area (TPSA) is 9.72 Å². The van der Waals surface area contributed by atoms with Gasteiger partial charge in [0.25, 0.3) is 0 Å². The van der Waals surface area contributed by atoms with Crippen LogP contribution < -0.4 is 0 Å². The van der Waals surface area contributed by atoms with Gasteiger partial charge in [0.05, 0.1) is 0 Å². The van der Waals surface area contributed by atoms with Crippen molar-refractivity contribution in [2.75, 3.05) is 59.9 Å². The van der Waals surface area contributed by atoms with Crippen molar-refractivity contribution < 1.29 is 0 Å². The normalized spacial score (nSPS) is 28.1. The molecule has 0 spiro atoms. The molecule has 17 heavy (non-hydrogen) atoms. The molecule has 2 aliphatic rings. The molecular formula is C14H27N3. The Kier molecular flexibility index (Phi) is 4.23. The fourth-order valence-electron chi connectivity index (χ4n) is 2.94. The van der Waals surface area contributed by atoms with Crippen LogP contribution in [0.2, 0.25) is 0 Å². The summed E-state index contributed by atoms with van der Waals surface area (Å²) >= 11 is 0. The number of likely N-dealkylation sites (N-methyl/N-ethyl adjacent to an activating group) is 1. The van der Waals surface area contributed by atoms with E-state index in [2.05, 4.69) is 41.5 Å². The summed E-state index contributed by atoms with van der Waals surface area (Å²) in [4.78, 5) is 7.49. The van der Waals surface area contributed by atoms with Gasteiger partial charge in [0.1, 0.15) is 0 Å². The second-order valence-electron chi connectivity index (χ2n) is 5.95. The maximum atomic E-state index is 4.11. The van der Waals surface area contributed by atoms with E-state index in [1.807, 2.05) is 0 Å². The fraction of sp³-hybridized carbons (Fsp3) is 0.857. The number of hydrogen-bond donors (Lipinski definition) is 0. The van der Waals surface area contributed by atoms with Gasteiger partial charge >= 0.3 is 0 Å². The van der Waals surface area contributed by atoms with E-state index in [1.165, 1.54) is 58.7 Å². The first-order valence-corrected chi connectivity index (χ1v) is 6.87. The summed E-state index contributed by atoms with van der Waals surface area (Å²) in [7, 11) is 4.44. The molecule has 0 radical (unpaired) electrons. The van der Waals surface area contributed by atoms with Crippen molar-refractivity contribution in [3.8, 4) is 0 Å². The van der Waals surface area contributed by atoms with Crippen molar-refractivity contribution in [2.24, 2.45) is 5.41 Å². The summed E-state index contributed by atoms with van der Waals surface area (Å²) in [5, 5.41) is 0. The number of nitrogens with zero attached hydrogens (tertiary/aromatic N) is 3. The second kappa shape index (κ2) is 5.51. The highest BCUT2D eigenvalue weighted by atomic mass is 15.2. The third kappa shape index (κ3) is 3.30. The van der Waals surface area contributed by atoms with Gasteiger partial charge < -0.3 is 9.80 Å². The minimum Gasteiger partial charge on any atom is -0.306 e. The van der Waals surface area contributed by atoms with Crippen LogP contribution in [0.15, 0.2) is 12.7 Å². The van der Waals surface area contributed by atoms with Crippen LogP contribution in [-0.2, 0) is 0 Å². The Labute approximate surface area is 106 Å². The summed E-state index contributed by atoms with van der Waals surface area (Å²) in [6, 6.07) is 0. The zero-order chi connectivity index (χ0) is 12.3. The van der Waals surface area contributed by atoms with E-state index < -0.39 is 0 Å². The van der Waals surface area contributed by atoms with E-state index in [-0.39, 0.29) is 0 Å². The van der Waals surface area contributed by atoms with Crippen LogP contribution in [0.4, 0.5) is 0 Å². The van der Waals surface area contributed by atoms with Crippen LogP contribution in [0.25, 0.3) is 0 Å². The largest absolute Gasteiger partial charge is 0.306 e. The standard InChI is InChI=1S/C14H27N3/c1-4-14(5-7-15(2)8-6-14)13-17-11-9-16(3)10-12-17/h4H,1,5-13H2,2-3H3. The summed E-state index contributed by atoms with van der Waals surface area (Å²) in [6.07, 6.45) is 4.79. The quantitative estimate of drug-likeness (QED) is 0.681. The van der Waals surface area contributed by atoms with E-state index in [1.54, 1.807) is 0 Å². The fourth-order valence-corrected chi connectivity index (χ4v) is 2.94. The number of hydrogen-bond acceptors (Lipinski definition) is 3. The lowest BCUT2D eigenvalue weighted by atomic mass is 9.78. The average molecular weight is 237 g/mol. The zero-order valence-electron chi connectivity index (χ0n) is 11.5. The Morgan fingerprint density at radius 3 is 2.00 bits per heavy atom. The average Bonchev–Trinajstić information content (AvgIpc) is 2.35.